The van der Waals surface area contributed by atoms with E-state index < -0.39 is 9.85 Å². The first kappa shape index (κ1) is 12.1. The number of hydrogen-bond donors (Lipinski definition) is 0. The molecule has 0 aliphatic rings. The van der Waals surface area contributed by atoms with Crippen LogP contribution in [0.25, 0.3) is 0 Å². The first-order chi connectivity index (χ1) is 7.41. The molecule has 0 aliphatic carbocycles. The smallest absolute Gasteiger partial charge is 0.280 e. The minimum absolute atomic E-state index is 0.220. The fraction of sp³-hybridized carbons (Fsp3) is 0.333. The van der Waals surface area contributed by atoms with E-state index in [0.29, 0.717) is 12.1 Å². The van der Waals surface area contributed by atoms with Crippen LogP contribution in [0.15, 0.2) is 18.2 Å². The van der Waals surface area contributed by atoms with E-state index in [1.807, 2.05) is 0 Å². The summed E-state index contributed by atoms with van der Waals surface area (Å²) in [4.78, 5) is 21.7. The van der Waals surface area contributed by atoms with E-state index in [1.54, 1.807) is 19.0 Å². The summed E-state index contributed by atoms with van der Waals surface area (Å²) in [5.41, 5.74) is -0.0299. The molecule has 0 spiro atoms. The molecule has 1 rings (SSSR count). The Bertz CT molecular complexity index is 431. The van der Waals surface area contributed by atoms with E-state index in [-0.39, 0.29) is 11.4 Å². The third kappa shape index (κ3) is 2.74. The second-order valence-corrected chi connectivity index (χ2v) is 3.57. The van der Waals surface area contributed by atoms with E-state index in [0.717, 1.165) is 6.07 Å². The summed E-state index contributed by atoms with van der Waals surface area (Å²) in [6.07, 6.45) is 0. The van der Waals surface area contributed by atoms with Gasteiger partial charge in [-0.15, -0.1) is 0 Å². The molecule has 0 saturated heterocycles. The van der Waals surface area contributed by atoms with Crippen LogP contribution in [0.2, 0.25) is 0 Å². The minimum Gasteiger partial charge on any atom is -0.305 e. The number of hydrogen-bond acceptors (Lipinski definition) is 5. The van der Waals surface area contributed by atoms with Crippen molar-refractivity contribution in [3.05, 3.63) is 44.0 Å². The SMILES string of the molecule is CN(C)Cc1ccc([N+](=O)[O-])cc1[N+](=O)[O-]. The molecule has 0 heterocycles. The Hall–Kier alpha value is -2.02. The van der Waals surface area contributed by atoms with Gasteiger partial charge in [-0.25, -0.2) is 0 Å². The highest BCUT2D eigenvalue weighted by Crippen LogP contribution is 2.25. The number of non-ortho nitro benzene ring substituents is 1. The summed E-state index contributed by atoms with van der Waals surface area (Å²) in [6, 6.07) is 3.67. The van der Waals surface area contributed by atoms with Crippen molar-refractivity contribution in [3.8, 4) is 0 Å². The second kappa shape index (κ2) is 4.67. The quantitative estimate of drug-likeness (QED) is 0.573. The maximum Gasteiger partial charge on any atom is 0.280 e. The van der Waals surface area contributed by atoms with Gasteiger partial charge in [0, 0.05) is 18.2 Å². The van der Waals surface area contributed by atoms with E-state index in [2.05, 4.69) is 0 Å². The molecule has 0 radical (unpaired) electrons. The zero-order chi connectivity index (χ0) is 12.3. The predicted molar refractivity (Wildman–Crippen MR) is 57.1 cm³/mol. The molecule has 86 valence electrons. The molecule has 0 bridgehead atoms. The van der Waals surface area contributed by atoms with Crippen molar-refractivity contribution in [1.82, 2.24) is 4.90 Å². The predicted octanol–water partition coefficient (Wildman–Crippen LogP) is 1.56. The summed E-state index contributed by atoms with van der Waals surface area (Å²) in [6.45, 7) is 0.369. The molecule has 1 aromatic rings. The molecular formula is C9H11N3O4. The van der Waals surface area contributed by atoms with Crippen molar-refractivity contribution in [2.45, 2.75) is 6.54 Å². The Labute approximate surface area is 91.6 Å². The van der Waals surface area contributed by atoms with Crippen molar-refractivity contribution >= 4 is 11.4 Å². The van der Waals surface area contributed by atoms with Crippen molar-refractivity contribution < 1.29 is 9.85 Å². The molecule has 0 aromatic heterocycles. The molecule has 0 unspecified atom stereocenters. The van der Waals surface area contributed by atoms with E-state index in [9.17, 15) is 20.2 Å². The lowest BCUT2D eigenvalue weighted by Crippen LogP contribution is -2.12. The van der Waals surface area contributed by atoms with Gasteiger partial charge >= 0.3 is 0 Å². The Morgan fingerprint density at radius 2 is 1.81 bits per heavy atom. The molecule has 1 aromatic carbocycles. The van der Waals surface area contributed by atoms with Gasteiger partial charge in [0.1, 0.15) is 0 Å². The summed E-state index contributed by atoms with van der Waals surface area (Å²) in [7, 11) is 3.54. The Morgan fingerprint density at radius 1 is 1.19 bits per heavy atom. The highest BCUT2D eigenvalue weighted by Gasteiger charge is 2.19. The largest absolute Gasteiger partial charge is 0.305 e. The van der Waals surface area contributed by atoms with Gasteiger partial charge in [0.25, 0.3) is 11.4 Å². The summed E-state index contributed by atoms with van der Waals surface area (Å²) in [5.74, 6) is 0. The van der Waals surface area contributed by atoms with Crippen LogP contribution in [0.4, 0.5) is 11.4 Å². The minimum atomic E-state index is -0.646. The standard InChI is InChI=1S/C9H11N3O4/c1-10(2)6-7-3-4-8(11(13)14)5-9(7)12(15)16/h3-5H,6H2,1-2H3. The zero-order valence-electron chi connectivity index (χ0n) is 8.91. The third-order valence-electron chi connectivity index (χ3n) is 1.96. The monoisotopic (exact) mass is 225 g/mol. The van der Waals surface area contributed by atoms with E-state index in [1.165, 1.54) is 12.1 Å². The fourth-order valence-electron chi connectivity index (χ4n) is 1.31. The Morgan fingerprint density at radius 3 is 2.25 bits per heavy atom. The molecule has 16 heavy (non-hydrogen) atoms. The molecule has 0 fully saturated rings. The fourth-order valence-corrected chi connectivity index (χ4v) is 1.31. The number of nitro groups is 2. The number of benzene rings is 1. The van der Waals surface area contributed by atoms with Crippen LogP contribution in [0.3, 0.4) is 0 Å². The van der Waals surface area contributed by atoms with Gasteiger partial charge in [0.15, 0.2) is 0 Å². The van der Waals surface area contributed by atoms with Gasteiger partial charge in [-0.2, -0.15) is 0 Å². The summed E-state index contributed by atoms with van der Waals surface area (Å²) < 4.78 is 0. The average Bonchev–Trinajstić information content (AvgIpc) is 2.16. The molecule has 0 amide bonds. The molecule has 7 nitrogen and oxygen atoms in total. The molecule has 0 atom stereocenters. The Kier molecular flexibility index (Phi) is 3.51. The van der Waals surface area contributed by atoms with Crippen molar-refractivity contribution in [2.75, 3.05) is 14.1 Å². The highest BCUT2D eigenvalue weighted by molar-refractivity contribution is 5.49. The lowest BCUT2D eigenvalue weighted by molar-refractivity contribution is -0.394. The Balaban J connectivity index is 3.19. The summed E-state index contributed by atoms with van der Waals surface area (Å²) in [5, 5.41) is 21.2. The topological polar surface area (TPSA) is 89.5 Å². The number of rotatable bonds is 4. The van der Waals surface area contributed by atoms with Crippen LogP contribution < -0.4 is 0 Å². The maximum absolute atomic E-state index is 10.7. The maximum atomic E-state index is 10.7. The van der Waals surface area contributed by atoms with Crippen molar-refractivity contribution in [2.24, 2.45) is 0 Å². The lowest BCUT2D eigenvalue weighted by Gasteiger charge is -2.09. The van der Waals surface area contributed by atoms with Gasteiger partial charge < -0.3 is 4.90 Å². The third-order valence-corrected chi connectivity index (χ3v) is 1.96. The van der Waals surface area contributed by atoms with E-state index >= 15 is 0 Å². The van der Waals surface area contributed by atoms with Crippen LogP contribution in [0.5, 0.6) is 0 Å². The van der Waals surface area contributed by atoms with Gasteiger partial charge in [-0.3, -0.25) is 20.2 Å². The summed E-state index contributed by atoms with van der Waals surface area (Å²) >= 11 is 0. The second-order valence-electron chi connectivity index (χ2n) is 3.57. The molecule has 0 saturated carbocycles. The van der Waals surface area contributed by atoms with Crippen LogP contribution in [0.1, 0.15) is 5.56 Å². The number of nitro benzene ring substituents is 2. The first-order valence-corrected chi connectivity index (χ1v) is 4.48. The zero-order valence-corrected chi connectivity index (χ0v) is 8.91. The van der Waals surface area contributed by atoms with E-state index in [4.69, 9.17) is 0 Å². The highest BCUT2D eigenvalue weighted by atomic mass is 16.6. The van der Waals surface area contributed by atoms with Crippen LogP contribution in [-0.2, 0) is 6.54 Å². The number of nitrogens with zero attached hydrogens (tertiary/aromatic N) is 3. The van der Waals surface area contributed by atoms with Crippen molar-refractivity contribution in [1.29, 1.82) is 0 Å². The normalized spacial score (nSPS) is 10.4. The van der Waals surface area contributed by atoms with Crippen LogP contribution >= 0.6 is 0 Å². The van der Waals surface area contributed by atoms with Gasteiger partial charge in [-0.05, 0) is 20.2 Å². The van der Waals surface area contributed by atoms with Gasteiger partial charge in [-0.1, -0.05) is 0 Å². The van der Waals surface area contributed by atoms with Crippen LogP contribution in [-0.4, -0.2) is 28.8 Å². The molecule has 0 aliphatic heterocycles. The molecular weight excluding hydrogens is 214 g/mol. The van der Waals surface area contributed by atoms with Crippen LogP contribution in [0, 0.1) is 20.2 Å². The first-order valence-electron chi connectivity index (χ1n) is 4.48. The lowest BCUT2D eigenvalue weighted by atomic mass is 10.1. The molecule has 0 N–H and O–H groups in total. The average molecular weight is 225 g/mol. The van der Waals surface area contributed by atoms with Crippen molar-refractivity contribution in [3.63, 3.8) is 0 Å². The van der Waals surface area contributed by atoms with Gasteiger partial charge in [0.05, 0.1) is 15.9 Å². The molecule has 7 heteroatoms. The van der Waals surface area contributed by atoms with Gasteiger partial charge in [0.2, 0.25) is 0 Å².